The minimum atomic E-state index is 0.349. The van der Waals surface area contributed by atoms with Gasteiger partial charge in [-0.25, -0.2) is 0 Å². The Morgan fingerprint density at radius 2 is 1.71 bits per heavy atom. The maximum Gasteiger partial charge on any atom is 0.135 e. The smallest absolute Gasteiger partial charge is 0.135 e. The molecule has 2 rings (SSSR count). The Balaban J connectivity index is 2.61. The van der Waals surface area contributed by atoms with Gasteiger partial charge in [-0.1, -0.05) is 34.8 Å². The van der Waals surface area contributed by atoms with Crippen molar-refractivity contribution in [1.29, 1.82) is 0 Å². The zero-order chi connectivity index (χ0) is 10.1. The fraction of sp³-hybridized carbons (Fsp3) is 0. The summed E-state index contributed by atoms with van der Waals surface area (Å²) in [5.74, 6) is 0.675. The van der Waals surface area contributed by atoms with E-state index in [0.717, 1.165) is 5.56 Å². The van der Waals surface area contributed by atoms with Crippen molar-refractivity contribution in [2.24, 2.45) is 0 Å². The predicted octanol–water partition coefficient (Wildman–Crippen LogP) is 4.91. The Morgan fingerprint density at radius 3 is 2.36 bits per heavy atom. The molecule has 0 amide bonds. The molecule has 0 fully saturated rings. The molecule has 2 aromatic rings. The molecular formula is C10H5Cl3O. The molecule has 72 valence electrons. The molecule has 0 aliphatic rings. The van der Waals surface area contributed by atoms with E-state index < -0.39 is 0 Å². The van der Waals surface area contributed by atoms with E-state index >= 15 is 0 Å². The van der Waals surface area contributed by atoms with Crippen molar-refractivity contribution in [2.45, 2.75) is 0 Å². The van der Waals surface area contributed by atoms with Gasteiger partial charge < -0.3 is 4.42 Å². The number of benzene rings is 1. The highest BCUT2D eigenvalue weighted by molar-refractivity contribution is 6.49. The Bertz CT molecular complexity index is 449. The number of hydrogen-bond acceptors (Lipinski definition) is 1. The van der Waals surface area contributed by atoms with Crippen molar-refractivity contribution in [3.63, 3.8) is 0 Å². The van der Waals surface area contributed by atoms with Crippen LogP contribution < -0.4 is 0 Å². The normalized spacial score (nSPS) is 10.5. The van der Waals surface area contributed by atoms with Gasteiger partial charge in [0.25, 0.3) is 0 Å². The molecule has 0 aliphatic carbocycles. The van der Waals surface area contributed by atoms with Crippen LogP contribution in [0.1, 0.15) is 0 Å². The second kappa shape index (κ2) is 3.85. The third-order valence-electron chi connectivity index (χ3n) is 1.82. The maximum absolute atomic E-state index is 6.01. The summed E-state index contributed by atoms with van der Waals surface area (Å²) in [7, 11) is 0. The molecule has 0 aliphatic heterocycles. The van der Waals surface area contributed by atoms with Crippen LogP contribution >= 0.6 is 34.8 Å². The molecule has 0 spiro atoms. The lowest BCUT2D eigenvalue weighted by Gasteiger charge is -2.03. The van der Waals surface area contributed by atoms with Crippen molar-refractivity contribution in [3.05, 3.63) is 45.6 Å². The highest BCUT2D eigenvalue weighted by Gasteiger charge is 2.11. The molecule has 0 saturated carbocycles. The summed E-state index contributed by atoms with van der Waals surface area (Å²) in [6.45, 7) is 0. The van der Waals surface area contributed by atoms with Crippen LogP contribution in [-0.2, 0) is 0 Å². The first-order valence-corrected chi connectivity index (χ1v) is 5.01. The average Bonchev–Trinajstić information content (AvgIpc) is 2.67. The van der Waals surface area contributed by atoms with Gasteiger partial charge >= 0.3 is 0 Å². The summed E-state index contributed by atoms with van der Waals surface area (Å²) >= 11 is 17.7. The van der Waals surface area contributed by atoms with E-state index in [9.17, 15) is 0 Å². The summed E-state index contributed by atoms with van der Waals surface area (Å²) in [6.07, 6.45) is 1.58. The molecule has 1 nitrogen and oxygen atoms in total. The van der Waals surface area contributed by atoms with Crippen LogP contribution in [0.2, 0.25) is 15.1 Å². The molecule has 0 unspecified atom stereocenters. The van der Waals surface area contributed by atoms with Crippen LogP contribution in [0.25, 0.3) is 11.3 Å². The molecule has 0 N–H and O–H groups in total. The van der Waals surface area contributed by atoms with E-state index in [2.05, 4.69) is 0 Å². The molecule has 1 aromatic carbocycles. The molecule has 0 saturated heterocycles. The van der Waals surface area contributed by atoms with Crippen LogP contribution in [0.5, 0.6) is 0 Å². The number of rotatable bonds is 1. The lowest BCUT2D eigenvalue weighted by atomic mass is 10.2. The lowest BCUT2D eigenvalue weighted by molar-refractivity contribution is 0.582. The first-order valence-electron chi connectivity index (χ1n) is 3.87. The number of halogens is 3. The van der Waals surface area contributed by atoms with Gasteiger partial charge in [-0.05, 0) is 24.3 Å². The highest BCUT2D eigenvalue weighted by Crippen LogP contribution is 2.37. The van der Waals surface area contributed by atoms with E-state index in [0.29, 0.717) is 20.8 Å². The maximum atomic E-state index is 6.01. The Morgan fingerprint density at radius 1 is 0.929 bits per heavy atom. The minimum absolute atomic E-state index is 0.349. The van der Waals surface area contributed by atoms with Gasteiger partial charge in [0.1, 0.15) is 5.76 Å². The van der Waals surface area contributed by atoms with Gasteiger partial charge in [0, 0.05) is 5.56 Å². The third-order valence-corrected chi connectivity index (χ3v) is 3.12. The van der Waals surface area contributed by atoms with E-state index in [1.165, 1.54) is 0 Å². The number of hydrogen-bond donors (Lipinski definition) is 0. The first-order chi connectivity index (χ1) is 6.70. The van der Waals surface area contributed by atoms with E-state index in [1.54, 1.807) is 24.5 Å². The Labute approximate surface area is 96.2 Å². The minimum Gasteiger partial charge on any atom is -0.464 e. The monoisotopic (exact) mass is 246 g/mol. The summed E-state index contributed by atoms with van der Waals surface area (Å²) in [5, 5.41) is 1.20. The third kappa shape index (κ3) is 1.63. The standard InChI is InChI=1S/C10H5Cl3O/c11-7-4-3-6(9(12)10(7)13)8-2-1-5-14-8/h1-5H. The van der Waals surface area contributed by atoms with E-state index in [4.69, 9.17) is 39.2 Å². The average molecular weight is 248 g/mol. The van der Waals surface area contributed by atoms with Gasteiger partial charge in [0.15, 0.2) is 0 Å². The zero-order valence-electron chi connectivity index (χ0n) is 6.93. The van der Waals surface area contributed by atoms with Crippen LogP contribution in [-0.4, -0.2) is 0 Å². The molecule has 14 heavy (non-hydrogen) atoms. The second-order valence-electron chi connectivity index (χ2n) is 2.70. The molecule has 1 heterocycles. The fourth-order valence-electron chi connectivity index (χ4n) is 1.15. The van der Waals surface area contributed by atoms with E-state index in [-0.39, 0.29) is 0 Å². The zero-order valence-corrected chi connectivity index (χ0v) is 9.20. The Kier molecular flexibility index (Phi) is 2.73. The summed E-state index contributed by atoms with van der Waals surface area (Å²) in [4.78, 5) is 0. The molecule has 0 radical (unpaired) electrons. The van der Waals surface area contributed by atoms with Crippen LogP contribution in [0.15, 0.2) is 34.9 Å². The van der Waals surface area contributed by atoms with Crippen LogP contribution in [0.4, 0.5) is 0 Å². The number of furan rings is 1. The van der Waals surface area contributed by atoms with Crippen LogP contribution in [0.3, 0.4) is 0 Å². The topological polar surface area (TPSA) is 13.1 Å². The quantitative estimate of drug-likeness (QED) is 0.653. The summed E-state index contributed by atoms with van der Waals surface area (Å²) in [6, 6.07) is 7.06. The molecular weight excluding hydrogens is 242 g/mol. The molecule has 4 heteroatoms. The lowest BCUT2D eigenvalue weighted by Crippen LogP contribution is -1.78. The van der Waals surface area contributed by atoms with Gasteiger partial charge in [-0.3, -0.25) is 0 Å². The van der Waals surface area contributed by atoms with Crippen molar-refractivity contribution in [3.8, 4) is 11.3 Å². The van der Waals surface area contributed by atoms with Gasteiger partial charge in [-0.15, -0.1) is 0 Å². The van der Waals surface area contributed by atoms with Gasteiger partial charge in [-0.2, -0.15) is 0 Å². The van der Waals surface area contributed by atoms with Crippen molar-refractivity contribution < 1.29 is 4.42 Å². The van der Waals surface area contributed by atoms with Gasteiger partial charge in [0.05, 0.1) is 21.3 Å². The predicted molar refractivity (Wildman–Crippen MR) is 59.2 cm³/mol. The van der Waals surface area contributed by atoms with Crippen molar-refractivity contribution in [2.75, 3.05) is 0 Å². The van der Waals surface area contributed by atoms with Crippen molar-refractivity contribution >= 4 is 34.8 Å². The Hall–Kier alpha value is -0.630. The SMILES string of the molecule is Clc1ccc(-c2ccco2)c(Cl)c1Cl. The summed E-state index contributed by atoms with van der Waals surface area (Å²) < 4.78 is 5.21. The molecule has 0 atom stereocenters. The largest absolute Gasteiger partial charge is 0.464 e. The molecule has 0 bridgehead atoms. The first kappa shape index (κ1) is 9.91. The van der Waals surface area contributed by atoms with Gasteiger partial charge in [0.2, 0.25) is 0 Å². The highest BCUT2D eigenvalue weighted by atomic mass is 35.5. The van der Waals surface area contributed by atoms with Crippen LogP contribution in [0, 0.1) is 0 Å². The second-order valence-corrected chi connectivity index (χ2v) is 3.86. The fourth-order valence-corrected chi connectivity index (χ4v) is 1.78. The van der Waals surface area contributed by atoms with Crippen molar-refractivity contribution in [1.82, 2.24) is 0 Å². The van der Waals surface area contributed by atoms with E-state index in [1.807, 2.05) is 6.07 Å². The molecule has 1 aromatic heterocycles. The summed E-state index contributed by atoms with van der Waals surface area (Å²) in [5.41, 5.74) is 0.742.